The summed E-state index contributed by atoms with van der Waals surface area (Å²) in [6.07, 6.45) is 2.14. The van der Waals surface area contributed by atoms with Crippen molar-refractivity contribution in [2.45, 2.75) is 26.4 Å². The highest BCUT2D eigenvalue weighted by atomic mass is 32.1. The van der Waals surface area contributed by atoms with E-state index >= 15 is 0 Å². The second kappa shape index (κ2) is 9.79. The van der Waals surface area contributed by atoms with Crippen LogP contribution in [0.4, 0.5) is 5.00 Å². The van der Waals surface area contributed by atoms with E-state index < -0.39 is 5.97 Å². The largest absolute Gasteiger partial charge is 0.462 e. The van der Waals surface area contributed by atoms with Gasteiger partial charge in [0.2, 0.25) is 5.91 Å². The van der Waals surface area contributed by atoms with Crippen molar-refractivity contribution in [3.05, 3.63) is 88.4 Å². The zero-order valence-electron chi connectivity index (χ0n) is 19.5. The Bertz CT molecular complexity index is 1470. The fraction of sp³-hybridized carbons (Fsp3) is 0.185. The van der Waals surface area contributed by atoms with Gasteiger partial charge in [-0.1, -0.05) is 30.3 Å². The number of fused-ring (bicyclic) bond motifs is 2. The molecule has 0 unspecified atom stereocenters. The van der Waals surface area contributed by atoms with Crippen LogP contribution in [0.1, 0.15) is 49.3 Å². The normalized spacial score (nSPS) is 12.8. The molecule has 3 heterocycles. The maximum absolute atomic E-state index is 12.8. The lowest BCUT2D eigenvalue weighted by Gasteiger charge is -2.12. The number of para-hydroxylation sites is 1. The van der Waals surface area contributed by atoms with Gasteiger partial charge in [-0.15, -0.1) is 11.3 Å². The minimum Gasteiger partial charge on any atom is -0.462 e. The quantitative estimate of drug-likeness (QED) is 0.279. The van der Waals surface area contributed by atoms with E-state index in [1.807, 2.05) is 41.1 Å². The van der Waals surface area contributed by atoms with E-state index in [0.717, 1.165) is 27.1 Å². The van der Waals surface area contributed by atoms with Crippen LogP contribution in [0.3, 0.4) is 0 Å². The Labute approximate surface area is 211 Å². The molecule has 0 saturated heterocycles. The molecule has 4 aromatic rings. The average Bonchev–Trinajstić information content (AvgIpc) is 3.55. The van der Waals surface area contributed by atoms with Gasteiger partial charge in [0.15, 0.2) is 0 Å². The maximum Gasteiger partial charge on any atom is 0.341 e. The highest BCUT2D eigenvalue weighted by molar-refractivity contribution is 7.16. The van der Waals surface area contributed by atoms with Crippen molar-refractivity contribution in [1.82, 2.24) is 9.47 Å². The fourth-order valence-corrected chi connectivity index (χ4v) is 5.31. The van der Waals surface area contributed by atoms with Crippen LogP contribution in [0.15, 0.2) is 66.9 Å². The van der Waals surface area contributed by atoms with Crippen LogP contribution in [0.25, 0.3) is 10.9 Å². The minimum absolute atomic E-state index is 0.00531. The summed E-state index contributed by atoms with van der Waals surface area (Å²) in [5.41, 5.74) is 1.96. The van der Waals surface area contributed by atoms with E-state index in [4.69, 9.17) is 4.74 Å². The Morgan fingerprint density at radius 1 is 0.972 bits per heavy atom. The maximum atomic E-state index is 12.8. The molecular weight excluding hydrogens is 478 g/mol. The first kappa shape index (κ1) is 23.5. The molecule has 0 atom stereocenters. The fourth-order valence-electron chi connectivity index (χ4n) is 4.26. The van der Waals surface area contributed by atoms with E-state index in [1.54, 1.807) is 37.3 Å². The Morgan fingerprint density at radius 2 is 1.67 bits per heavy atom. The van der Waals surface area contributed by atoms with Gasteiger partial charge >= 0.3 is 5.97 Å². The second-order valence-corrected chi connectivity index (χ2v) is 9.42. The molecular formula is C27H23N3O5S. The number of hydrogen-bond acceptors (Lipinski definition) is 6. The van der Waals surface area contributed by atoms with Gasteiger partial charge in [0.25, 0.3) is 11.8 Å². The molecule has 1 aliphatic heterocycles. The third kappa shape index (κ3) is 4.40. The molecule has 8 nitrogen and oxygen atoms in total. The summed E-state index contributed by atoms with van der Waals surface area (Å²) < 4.78 is 7.16. The molecule has 0 radical (unpaired) electrons. The zero-order chi connectivity index (χ0) is 25.2. The Hall–Kier alpha value is -4.24. The molecule has 2 aromatic heterocycles. The third-order valence-electron chi connectivity index (χ3n) is 5.98. The second-order valence-electron chi connectivity index (χ2n) is 8.28. The summed E-state index contributed by atoms with van der Waals surface area (Å²) in [5, 5.41) is 4.25. The number of esters is 1. The molecule has 2 aromatic carbocycles. The van der Waals surface area contributed by atoms with Gasteiger partial charge in [0, 0.05) is 29.6 Å². The van der Waals surface area contributed by atoms with E-state index in [1.165, 1.54) is 0 Å². The number of anilines is 1. The van der Waals surface area contributed by atoms with Gasteiger partial charge < -0.3 is 14.6 Å². The number of aryl methyl sites for hydroxylation is 1. The number of ether oxygens (including phenoxy) is 1. The number of hydrogen-bond donors (Lipinski definition) is 1. The van der Waals surface area contributed by atoms with Crippen molar-refractivity contribution in [1.29, 1.82) is 0 Å². The summed E-state index contributed by atoms with van der Waals surface area (Å²) in [6.45, 7) is 2.34. The molecule has 0 fully saturated rings. The number of benzene rings is 2. The molecule has 3 amide bonds. The van der Waals surface area contributed by atoms with Gasteiger partial charge in [0.1, 0.15) is 5.00 Å². The number of nitrogens with one attached hydrogen (secondary N) is 1. The molecule has 0 spiro atoms. The zero-order valence-corrected chi connectivity index (χ0v) is 20.3. The lowest BCUT2D eigenvalue weighted by molar-refractivity contribution is -0.116. The van der Waals surface area contributed by atoms with Crippen LogP contribution in [0, 0.1) is 0 Å². The minimum atomic E-state index is -0.575. The molecule has 1 aliphatic rings. The summed E-state index contributed by atoms with van der Waals surface area (Å²) in [7, 11) is 0. The van der Waals surface area contributed by atoms with Crippen molar-refractivity contribution in [2.75, 3.05) is 11.9 Å². The highest BCUT2D eigenvalue weighted by Gasteiger charge is 2.35. The van der Waals surface area contributed by atoms with E-state index in [-0.39, 0.29) is 42.9 Å². The van der Waals surface area contributed by atoms with Crippen LogP contribution < -0.4 is 5.32 Å². The number of nitrogens with zero attached hydrogens (tertiary/aromatic N) is 2. The van der Waals surface area contributed by atoms with E-state index in [2.05, 4.69) is 5.32 Å². The molecule has 0 saturated carbocycles. The number of amides is 3. The number of imide groups is 1. The molecule has 1 N–H and O–H groups in total. The van der Waals surface area contributed by atoms with Gasteiger partial charge in [-0.25, -0.2) is 4.79 Å². The van der Waals surface area contributed by atoms with Crippen LogP contribution in [-0.4, -0.2) is 39.8 Å². The van der Waals surface area contributed by atoms with Crippen molar-refractivity contribution in [3.8, 4) is 0 Å². The Balaban J connectivity index is 1.32. The van der Waals surface area contributed by atoms with Gasteiger partial charge in [-0.3, -0.25) is 19.3 Å². The number of carbonyl (C=O) groups excluding carboxylic acids is 4. The smallest absolute Gasteiger partial charge is 0.341 e. The van der Waals surface area contributed by atoms with Gasteiger partial charge in [-0.2, -0.15) is 0 Å². The SMILES string of the molecule is CCOC(=O)c1cc(CN2C(=O)c3ccccc3C2=O)sc1NC(=O)CCn1ccc2ccccc21. The van der Waals surface area contributed by atoms with Crippen molar-refractivity contribution in [3.63, 3.8) is 0 Å². The van der Waals surface area contributed by atoms with Crippen LogP contribution in [0.2, 0.25) is 0 Å². The molecule has 0 aliphatic carbocycles. The topological polar surface area (TPSA) is 97.7 Å². The van der Waals surface area contributed by atoms with E-state index in [9.17, 15) is 19.2 Å². The van der Waals surface area contributed by atoms with Crippen LogP contribution >= 0.6 is 11.3 Å². The molecule has 182 valence electrons. The lowest BCUT2D eigenvalue weighted by atomic mass is 10.1. The number of carbonyl (C=O) groups is 4. The Morgan fingerprint density at radius 3 is 2.39 bits per heavy atom. The molecule has 0 bridgehead atoms. The molecule has 5 rings (SSSR count). The summed E-state index contributed by atoms with van der Waals surface area (Å²) in [6, 6.07) is 18.2. The first-order valence-electron chi connectivity index (χ1n) is 11.5. The van der Waals surface area contributed by atoms with Crippen molar-refractivity contribution in [2.24, 2.45) is 0 Å². The highest BCUT2D eigenvalue weighted by Crippen LogP contribution is 2.32. The van der Waals surface area contributed by atoms with Crippen molar-refractivity contribution < 1.29 is 23.9 Å². The number of rotatable bonds is 8. The van der Waals surface area contributed by atoms with E-state index in [0.29, 0.717) is 27.5 Å². The molecule has 9 heteroatoms. The summed E-state index contributed by atoms with van der Waals surface area (Å²) in [4.78, 5) is 52.6. The van der Waals surface area contributed by atoms with Crippen molar-refractivity contribution >= 4 is 50.9 Å². The summed E-state index contributed by atoms with van der Waals surface area (Å²) in [5.74, 6) is -1.60. The lowest BCUT2D eigenvalue weighted by Crippen LogP contribution is -2.28. The predicted molar refractivity (Wildman–Crippen MR) is 136 cm³/mol. The van der Waals surface area contributed by atoms with Gasteiger partial charge in [-0.05, 0) is 42.6 Å². The van der Waals surface area contributed by atoms with Gasteiger partial charge in [0.05, 0.1) is 29.8 Å². The van der Waals surface area contributed by atoms with Crippen LogP contribution in [0.5, 0.6) is 0 Å². The molecule has 36 heavy (non-hydrogen) atoms. The third-order valence-corrected chi connectivity index (χ3v) is 7.02. The first-order chi connectivity index (χ1) is 17.5. The monoisotopic (exact) mass is 501 g/mol. The first-order valence-corrected chi connectivity index (χ1v) is 12.4. The average molecular weight is 502 g/mol. The standard InChI is InChI=1S/C27H23N3O5S/c1-2-35-27(34)21-15-18(16-30-25(32)19-8-4-5-9-20(19)26(30)33)36-24(21)28-23(31)12-14-29-13-11-17-7-3-6-10-22(17)29/h3-11,13,15H,2,12,14,16H2,1H3,(H,28,31). The summed E-state index contributed by atoms with van der Waals surface area (Å²) >= 11 is 1.15. The number of thiophene rings is 1. The van der Waals surface area contributed by atoms with Crippen LogP contribution in [-0.2, 0) is 22.6 Å². The Kier molecular flexibility index (Phi) is 6.39. The number of aromatic nitrogens is 1. The predicted octanol–water partition coefficient (Wildman–Crippen LogP) is 4.70.